The lowest BCUT2D eigenvalue weighted by Gasteiger charge is -2.33. The van der Waals surface area contributed by atoms with Crippen molar-refractivity contribution in [2.24, 2.45) is 0 Å². The number of fused-ring (bicyclic) bond motifs is 1. The largest absolute Gasteiger partial charge is 0.391 e. The number of nitrogens with zero attached hydrogens (tertiary/aromatic N) is 4. The number of hydrogen-bond acceptors (Lipinski definition) is 8. The lowest BCUT2D eigenvalue weighted by Crippen LogP contribution is -2.38. The molecule has 1 unspecified atom stereocenters. The lowest BCUT2D eigenvalue weighted by atomic mass is 10.1. The number of benzene rings is 1. The minimum Gasteiger partial charge on any atom is -0.391 e. The number of sulfonamides is 1. The third-order valence-corrected chi connectivity index (χ3v) is 6.17. The number of β-amino-alcohol motifs (C(OH)–C–C–N with tert-alkyl or cyclic N) is 1. The average Bonchev–Trinajstić information content (AvgIpc) is 3.18. The summed E-state index contributed by atoms with van der Waals surface area (Å²) in [4.78, 5) is 17.6. The Morgan fingerprint density at radius 2 is 2.14 bits per heavy atom. The number of hydrogen-bond donors (Lipinski definition) is 4. The fraction of sp³-hybridized carbons (Fsp3) is 0.353. The van der Waals surface area contributed by atoms with E-state index in [4.69, 9.17) is 0 Å². The van der Waals surface area contributed by atoms with Gasteiger partial charge in [-0.25, -0.2) is 28.1 Å². The molecule has 3 aliphatic rings. The normalized spacial score (nSPS) is 17.8. The van der Waals surface area contributed by atoms with Crippen molar-refractivity contribution in [3.05, 3.63) is 30.9 Å². The quantitative estimate of drug-likeness (QED) is 0.494. The van der Waals surface area contributed by atoms with Crippen molar-refractivity contribution >= 4 is 27.2 Å². The zero-order chi connectivity index (χ0) is 19.7. The molecule has 0 aliphatic carbocycles. The third kappa shape index (κ3) is 3.51. The van der Waals surface area contributed by atoms with Gasteiger partial charge in [0.25, 0.3) is 0 Å². The van der Waals surface area contributed by atoms with Crippen molar-refractivity contribution in [3.8, 4) is 11.5 Å². The number of anilines is 3. The van der Waals surface area contributed by atoms with Gasteiger partial charge in [-0.1, -0.05) is 0 Å². The van der Waals surface area contributed by atoms with Crippen molar-refractivity contribution in [3.63, 3.8) is 0 Å². The highest BCUT2D eigenvalue weighted by Crippen LogP contribution is 2.34. The summed E-state index contributed by atoms with van der Waals surface area (Å²) in [7, 11) is -2.24. The van der Waals surface area contributed by atoms with Gasteiger partial charge in [0.1, 0.15) is 12.1 Å². The van der Waals surface area contributed by atoms with Crippen LogP contribution in [0.3, 0.4) is 0 Å². The SMILES string of the molecule is CNS(=O)(=O)c1ccc(N2CCCC(O)C2)c(Nc2[nH]cnc3ncnc2-3)c1. The second-order valence-electron chi connectivity index (χ2n) is 6.58. The molecule has 4 rings (SSSR count). The topological polar surface area (TPSA) is 136 Å². The molecule has 3 heterocycles. The van der Waals surface area contributed by atoms with E-state index in [1.807, 2.05) is 4.90 Å². The van der Waals surface area contributed by atoms with Crippen LogP contribution < -0.4 is 14.9 Å². The van der Waals surface area contributed by atoms with Crippen LogP contribution in [0, 0.1) is 0 Å². The zero-order valence-corrected chi connectivity index (χ0v) is 16.1. The summed E-state index contributed by atoms with van der Waals surface area (Å²) in [6.07, 6.45) is 4.12. The van der Waals surface area contributed by atoms with E-state index in [1.54, 1.807) is 18.2 Å². The second kappa shape index (κ2) is 7.34. The van der Waals surface area contributed by atoms with E-state index < -0.39 is 16.1 Å². The Labute approximate surface area is 162 Å². The van der Waals surface area contributed by atoms with E-state index in [-0.39, 0.29) is 4.90 Å². The molecule has 1 aromatic carbocycles. The van der Waals surface area contributed by atoms with E-state index in [1.165, 1.54) is 19.7 Å². The van der Waals surface area contributed by atoms with Crippen molar-refractivity contribution in [1.29, 1.82) is 0 Å². The second-order valence-corrected chi connectivity index (χ2v) is 8.46. The summed E-state index contributed by atoms with van der Waals surface area (Å²) >= 11 is 0. The summed E-state index contributed by atoms with van der Waals surface area (Å²) < 4.78 is 26.9. The molecule has 1 fully saturated rings. The van der Waals surface area contributed by atoms with Gasteiger partial charge in [0, 0.05) is 13.1 Å². The van der Waals surface area contributed by atoms with Gasteiger partial charge in [0.2, 0.25) is 10.0 Å². The summed E-state index contributed by atoms with van der Waals surface area (Å²) in [5.41, 5.74) is 1.93. The van der Waals surface area contributed by atoms with Crippen LogP contribution in [-0.2, 0) is 10.0 Å². The lowest BCUT2D eigenvalue weighted by molar-refractivity contribution is 0.154. The van der Waals surface area contributed by atoms with E-state index in [2.05, 4.69) is 30.0 Å². The van der Waals surface area contributed by atoms with E-state index >= 15 is 0 Å². The number of rotatable bonds is 5. The highest BCUT2D eigenvalue weighted by atomic mass is 32.2. The Kier molecular flexibility index (Phi) is 4.87. The monoisotopic (exact) mass is 403 g/mol. The predicted octanol–water partition coefficient (Wildman–Crippen LogP) is 0.917. The van der Waals surface area contributed by atoms with Crippen LogP contribution in [0.2, 0.25) is 0 Å². The van der Waals surface area contributed by atoms with Crippen LogP contribution >= 0.6 is 0 Å². The van der Waals surface area contributed by atoms with Gasteiger partial charge in [0.15, 0.2) is 11.5 Å². The Morgan fingerprint density at radius 3 is 2.93 bits per heavy atom. The van der Waals surface area contributed by atoms with Crippen molar-refractivity contribution in [1.82, 2.24) is 24.7 Å². The van der Waals surface area contributed by atoms with Gasteiger partial charge in [-0.05, 0) is 38.1 Å². The molecule has 0 radical (unpaired) electrons. The smallest absolute Gasteiger partial charge is 0.240 e. The number of aromatic nitrogens is 4. The van der Waals surface area contributed by atoms with Crippen molar-refractivity contribution in [2.75, 3.05) is 30.4 Å². The number of aliphatic hydroxyl groups is 1. The van der Waals surface area contributed by atoms with Crippen LogP contribution in [0.5, 0.6) is 0 Å². The number of aliphatic hydroxyl groups excluding tert-OH is 1. The maximum absolute atomic E-state index is 12.3. The zero-order valence-electron chi connectivity index (χ0n) is 15.3. The van der Waals surface area contributed by atoms with Crippen molar-refractivity contribution in [2.45, 2.75) is 23.8 Å². The fourth-order valence-corrected chi connectivity index (χ4v) is 4.09. The molecule has 0 spiro atoms. The van der Waals surface area contributed by atoms with Crippen LogP contribution in [0.15, 0.2) is 35.7 Å². The summed E-state index contributed by atoms with van der Waals surface area (Å²) in [5.74, 6) is 1.04. The van der Waals surface area contributed by atoms with E-state index in [9.17, 15) is 13.5 Å². The molecule has 28 heavy (non-hydrogen) atoms. The first kappa shape index (κ1) is 18.6. The standard InChI is InChI=1S/C17H21N7O3S/c1-18-28(26,27)12-4-5-14(24-6-2-3-11(25)8-24)13(7-12)23-17-15-16(20-9-19-15)21-10-22-17/h4-5,7,9-11,18,25H,2-3,6,8H2,1H3,(H2,19,20,21,22,23). The van der Waals surface area contributed by atoms with E-state index in [0.29, 0.717) is 29.6 Å². The Bertz CT molecular complexity index is 1050. The number of H-pyrrole nitrogens is 1. The molecular weight excluding hydrogens is 382 g/mol. The van der Waals surface area contributed by atoms with Crippen LogP contribution in [0.25, 0.3) is 11.5 Å². The molecule has 1 atom stereocenters. The molecule has 10 nitrogen and oxygen atoms in total. The summed E-state index contributed by atoms with van der Waals surface area (Å²) in [6.45, 7) is 1.26. The molecule has 11 heteroatoms. The molecule has 4 N–H and O–H groups in total. The first-order valence-electron chi connectivity index (χ1n) is 8.89. The van der Waals surface area contributed by atoms with Gasteiger partial charge < -0.3 is 20.3 Å². The summed E-state index contributed by atoms with van der Waals surface area (Å²) in [6, 6.07) is 4.87. The molecule has 1 aromatic rings. The highest BCUT2D eigenvalue weighted by molar-refractivity contribution is 7.89. The molecule has 0 aromatic heterocycles. The molecule has 0 bridgehead atoms. The van der Waals surface area contributed by atoms with Gasteiger partial charge in [0.05, 0.1) is 28.7 Å². The van der Waals surface area contributed by atoms with Crippen LogP contribution in [0.1, 0.15) is 12.8 Å². The van der Waals surface area contributed by atoms with Gasteiger partial charge in [-0.3, -0.25) is 0 Å². The minimum atomic E-state index is -3.61. The minimum absolute atomic E-state index is 0.137. The Morgan fingerprint density at radius 1 is 1.29 bits per heavy atom. The molecule has 3 aliphatic heterocycles. The van der Waals surface area contributed by atoms with Gasteiger partial charge >= 0.3 is 0 Å². The highest BCUT2D eigenvalue weighted by Gasteiger charge is 2.23. The van der Waals surface area contributed by atoms with Gasteiger partial charge in [-0.2, -0.15) is 0 Å². The number of nitrogens with one attached hydrogen (secondary N) is 3. The first-order valence-corrected chi connectivity index (χ1v) is 10.4. The summed E-state index contributed by atoms with van der Waals surface area (Å²) in [5, 5.41) is 13.3. The number of piperidine rings is 1. The average molecular weight is 403 g/mol. The predicted molar refractivity (Wildman–Crippen MR) is 104 cm³/mol. The van der Waals surface area contributed by atoms with Crippen molar-refractivity contribution < 1.29 is 13.5 Å². The molecule has 0 saturated carbocycles. The third-order valence-electron chi connectivity index (χ3n) is 4.76. The number of aromatic amines is 1. The van der Waals surface area contributed by atoms with Crippen LogP contribution in [-0.4, -0.2) is 59.7 Å². The Balaban J connectivity index is 1.78. The number of imidazole rings is 1. The fourth-order valence-electron chi connectivity index (χ4n) is 3.34. The van der Waals surface area contributed by atoms with Crippen LogP contribution in [0.4, 0.5) is 17.2 Å². The Hall–Kier alpha value is -2.76. The van der Waals surface area contributed by atoms with Gasteiger partial charge in [-0.15, -0.1) is 0 Å². The maximum Gasteiger partial charge on any atom is 0.240 e. The molecule has 0 amide bonds. The molecule has 1 saturated heterocycles. The van der Waals surface area contributed by atoms with E-state index in [0.717, 1.165) is 25.1 Å². The molecular formula is C17H21N7O3S. The maximum atomic E-state index is 12.3. The molecule has 148 valence electrons. The first-order chi connectivity index (χ1) is 13.5.